The number of carbonyl (C=O) groups excluding carboxylic acids is 1. The number of carbonyl (C=O) groups is 1. The highest BCUT2D eigenvalue weighted by molar-refractivity contribution is 6.04. The molecule has 6 heteroatoms. The molecule has 1 aromatic carbocycles. The zero-order chi connectivity index (χ0) is 14.4. The Morgan fingerprint density at radius 3 is 2.90 bits per heavy atom. The van der Waals surface area contributed by atoms with Crippen LogP contribution in [0.1, 0.15) is 29.6 Å². The van der Waals surface area contributed by atoms with Crippen molar-refractivity contribution in [3.63, 3.8) is 0 Å². The molecule has 5 rings (SSSR count). The zero-order valence-electron chi connectivity index (χ0n) is 11.7. The number of hydrogen-bond acceptors (Lipinski definition) is 5. The summed E-state index contributed by atoms with van der Waals surface area (Å²) in [4.78, 5) is 19.0. The molecule has 2 bridgehead atoms. The highest BCUT2D eigenvalue weighted by Crippen LogP contribution is 2.31. The van der Waals surface area contributed by atoms with Crippen LogP contribution in [0.4, 0.5) is 6.01 Å². The van der Waals surface area contributed by atoms with E-state index in [4.69, 9.17) is 10.2 Å². The van der Waals surface area contributed by atoms with Gasteiger partial charge in [0.05, 0.1) is 11.7 Å². The highest BCUT2D eigenvalue weighted by Gasteiger charge is 2.34. The summed E-state index contributed by atoms with van der Waals surface area (Å²) >= 11 is 0. The van der Waals surface area contributed by atoms with Crippen molar-refractivity contribution in [2.24, 2.45) is 5.92 Å². The molecule has 1 atom stereocenters. The lowest BCUT2D eigenvalue weighted by molar-refractivity contribution is 0.0295. The summed E-state index contributed by atoms with van der Waals surface area (Å²) in [5.41, 5.74) is 7.18. The maximum absolute atomic E-state index is 12.6. The zero-order valence-corrected chi connectivity index (χ0v) is 11.7. The van der Waals surface area contributed by atoms with E-state index in [9.17, 15) is 4.79 Å². The molecule has 4 heterocycles. The Labute approximate surface area is 122 Å². The Morgan fingerprint density at radius 2 is 2.19 bits per heavy atom. The molecule has 3 aliphatic heterocycles. The van der Waals surface area contributed by atoms with Crippen molar-refractivity contribution >= 4 is 23.0 Å². The van der Waals surface area contributed by atoms with Gasteiger partial charge in [0.15, 0.2) is 5.58 Å². The standard InChI is InChI=1S/C15H18N4O2/c16-15-18-13-10(2-1-3-11(13)21-15)14(20)17-12-8-9-4-6-19(12)7-5-9/h1-3,9,12H,4-8H2,(H2,16,18)(H,17,20)/t12-/m0/s1. The summed E-state index contributed by atoms with van der Waals surface area (Å²) in [7, 11) is 0. The molecule has 2 aromatic rings. The molecule has 0 aliphatic carbocycles. The number of para-hydroxylation sites is 1. The summed E-state index contributed by atoms with van der Waals surface area (Å²) in [5.74, 6) is 0.644. The summed E-state index contributed by atoms with van der Waals surface area (Å²) in [6.45, 7) is 2.16. The maximum atomic E-state index is 12.6. The number of nitrogens with one attached hydrogen (secondary N) is 1. The number of oxazole rings is 1. The van der Waals surface area contributed by atoms with Gasteiger partial charge in [-0.1, -0.05) is 6.07 Å². The minimum absolute atomic E-state index is 0.0886. The van der Waals surface area contributed by atoms with Gasteiger partial charge in [-0.05, 0) is 37.3 Å². The van der Waals surface area contributed by atoms with Gasteiger partial charge in [-0.3, -0.25) is 9.69 Å². The average Bonchev–Trinajstić information content (AvgIpc) is 2.88. The second kappa shape index (κ2) is 4.73. The van der Waals surface area contributed by atoms with Crippen molar-refractivity contribution in [1.82, 2.24) is 15.2 Å². The first-order valence-corrected chi connectivity index (χ1v) is 7.40. The quantitative estimate of drug-likeness (QED) is 0.875. The molecule has 3 N–H and O–H groups in total. The molecule has 0 radical (unpaired) electrons. The summed E-state index contributed by atoms with van der Waals surface area (Å²) < 4.78 is 5.27. The van der Waals surface area contributed by atoms with Crippen LogP contribution in [-0.4, -0.2) is 35.0 Å². The Bertz CT molecular complexity index is 688. The summed E-state index contributed by atoms with van der Waals surface area (Å²) in [6.07, 6.45) is 3.69. The highest BCUT2D eigenvalue weighted by atomic mass is 16.4. The van der Waals surface area contributed by atoms with Crippen molar-refractivity contribution in [3.05, 3.63) is 23.8 Å². The van der Waals surface area contributed by atoms with Crippen molar-refractivity contribution in [2.75, 3.05) is 18.8 Å². The predicted octanol–water partition coefficient (Wildman–Crippen LogP) is 1.58. The molecule has 1 amide bonds. The lowest BCUT2D eigenvalue weighted by atomic mass is 9.86. The van der Waals surface area contributed by atoms with Crippen LogP contribution in [0.2, 0.25) is 0 Å². The Kier molecular flexibility index (Phi) is 2.85. The van der Waals surface area contributed by atoms with Crippen LogP contribution in [0.15, 0.2) is 22.6 Å². The van der Waals surface area contributed by atoms with Crippen molar-refractivity contribution < 1.29 is 9.21 Å². The fourth-order valence-electron chi connectivity index (χ4n) is 3.49. The number of fused-ring (bicyclic) bond motifs is 4. The van der Waals surface area contributed by atoms with Gasteiger partial charge >= 0.3 is 0 Å². The SMILES string of the molecule is Nc1nc2c(C(=O)N[C@@H]3CC4CCN3CC4)cccc2o1. The van der Waals surface area contributed by atoms with E-state index in [1.807, 2.05) is 0 Å². The van der Waals surface area contributed by atoms with Crippen molar-refractivity contribution in [3.8, 4) is 0 Å². The van der Waals surface area contributed by atoms with E-state index in [2.05, 4.69) is 15.2 Å². The number of amides is 1. The number of anilines is 1. The number of nitrogens with two attached hydrogens (primary N) is 1. The monoisotopic (exact) mass is 286 g/mol. The molecule has 110 valence electrons. The third-order valence-corrected chi connectivity index (χ3v) is 4.62. The average molecular weight is 286 g/mol. The second-order valence-corrected chi connectivity index (χ2v) is 5.91. The van der Waals surface area contributed by atoms with E-state index in [1.165, 1.54) is 12.8 Å². The number of hydrogen-bond donors (Lipinski definition) is 2. The molecular formula is C15H18N4O2. The van der Waals surface area contributed by atoms with E-state index in [0.29, 0.717) is 16.7 Å². The van der Waals surface area contributed by atoms with Gasteiger partial charge in [-0.15, -0.1) is 0 Å². The van der Waals surface area contributed by atoms with E-state index in [0.717, 1.165) is 25.4 Å². The molecule has 6 nitrogen and oxygen atoms in total. The molecular weight excluding hydrogens is 268 g/mol. The number of piperidine rings is 3. The van der Waals surface area contributed by atoms with Gasteiger partial charge in [-0.25, -0.2) is 0 Å². The van der Waals surface area contributed by atoms with Crippen LogP contribution >= 0.6 is 0 Å². The smallest absolute Gasteiger partial charge is 0.293 e. The third kappa shape index (κ3) is 2.15. The molecule has 3 fully saturated rings. The molecule has 3 saturated heterocycles. The van der Waals surface area contributed by atoms with Crippen LogP contribution in [-0.2, 0) is 0 Å². The minimum atomic E-state index is -0.105. The van der Waals surface area contributed by atoms with Gasteiger partial charge in [0.1, 0.15) is 5.52 Å². The number of rotatable bonds is 2. The van der Waals surface area contributed by atoms with Crippen LogP contribution in [0.3, 0.4) is 0 Å². The van der Waals surface area contributed by atoms with E-state index >= 15 is 0 Å². The summed E-state index contributed by atoms with van der Waals surface area (Å²) in [6, 6.07) is 5.40. The molecule has 3 aliphatic rings. The molecule has 0 unspecified atom stereocenters. The Balaban J connectivity index is 1.59. The lowest BCUT2D eigenvalue weighted by Crippen LogP contribution is -2.56. The summed E-state index contributed by atoms with van der Waals surface area (Å²) in [5, 5.41) is 3.13. The second-order valence-electron chi connectivity index (χ2n) is 5.91. The minimum Gasteiger partial charge on any atom is -0.424 e. The van der Waals surface area contributed by atoms with Gasteiger partial charge < -0.3 is 15.5 Å². The fraction of sp³-hybridized carbons (Fsp3) is 0.467. The largest absolute Gasteiger partial charge is 0.424 e. The van der Waals surface area contributed by atoms with Crippen molar-refractivity contribution in [1.29, 1.82) is 0 Å². The Hall–Kier alpha value is -2.08. The van der Waals surface area contributed by atoms with E-state index in [1.54, 1.807) is 18.2 Å². The van der Waals surface area contributed by atoms with Gasteiger partial charge in [0, 0.05) is 13.1 Å². The molecule has 1 aromatic heterocycles. The van der Waals surface area contributed by atoms with Crippen LogP contribution in [0, 0.1) is 5.92 Å². The van der Waals surface area contributed by atoms with Crippen LogP contribution in [0.5, 0.6) is 0 Å². The van der Waals surface area contributed by atoms with E-state index < -0.39 is 0 Å². The first-order valence-electron chi connectivity index (χ1n) is 7.40. The first kappa shape index (κ1) is 12.6. The third-order valence-electron chi connectivity index (χ3n) is 4.62. The maximum Gasteiger partial charge on any atom is 0.293 e. The number of nitrogens with zero attached hydrogens (tertiary/aromatic N) is 2. The fourth-order valence-corrected chi connectivity index (χ4v) is 3.49. The number of benzene rings is 1. The van der Waals surface area contributed by atoms with Crippen LogP contribution in [0.25, 0.3) is 11.1 Å². The lowest BCUT2D eigenvalue weighted by Gasteiger charge is -2.45. The van der Waals surface area contributed by atoms with E-state index in [-0.39, 0.29) is 18.1 Å². The molecule has 21 heavy (non-hydrogen) atoms. The van der Waals surface area contributed by atoms with Gasteiger partial charge in [0.2, 0.25) is 0 Å². The van der Waals surface area contributed by atoms with Gasteiger partial charge in [-0.2, -0.15) is 4.98 Å². The number of nitrogen functional groups attached to an aromatic ring is 1. The molecule has 0 saturated carbocycles. The van der Waals surface area contributed by atoms with Gasteiger partial charge in [0.25, 0.3) is 11.9 Å². The number of aromatic nitrogens is 1. The topological polar surface area (TPSA) is 84.4 Å². The molecule has 0 spiro atoms. The predicted molar refractivity (Wildman–Crippen MR) is 78.6 cm³/mol. The van der Waals surface area contributed by atoms with Crippen LogP contribution < -0.4 is 11.1 Å². The first-order chi connectivity index (χ1) is 10.2. The van der Waals surface area contributed by atoms with Crippen molar-refractivity contribution in [2.45, 2.75) is 25.4 Å². The normalized spacial score (nSPS) is 27.9. The Morgan fingerprint density at radius 1 is 1.38 bits per heavy atom.